The molecule has 1 amide bonds. The van der Waals surface area contributed by atoms with E-state index in [1.165, 1.54) is 0 Å². The van der Waals surface area contributed by atoms with Gasteiger partial charge >= 0.3 is 0 Å². The lowest BCUT2D eigenvalue weighted by Crippen LogP contribution is -2.49. The molecule has 1 rings (SSSR count). The Bertz CT molecular complexity index is 398. The number of nitrogens with zero attached hydrogens (tertiary/aromatic N) is 1. The summed E-state index contributed by atoms with van der Waals surface area (Å²) in [6.07, 6.45) is 2.72. The fourth-order valence-corrected chi connectivity index (χ4v) is 1.73. The first-order valence-corrected chi connectivity index (χ1v) is 6.15. The fraction of sp³-hybridized carbons (Fsp3) is 0.583. The number of rotatable bonds is 5. The molecule has 5 heteroatoms. The van der Waals surface area contributed by atoms with Crippen molar-refractivity contribution in [1.29, 1.82) is 0 Å². The minimum absolute atomic E-state index is 0.138. The smallest absolute Gasteiger partial charge is 0.268 e. The van der Waals surface area contributed by atoms with Crippen LogP contribution in [0, 0.1) is 0 Å². The van der Waals surface area contributed by atoms with Gasteiger partial charge in [-0.15, -0.1) is 0 Å². The summed E-state index contributed by atoms with van der Waals surface area (Å²) < 4.78 is 1.87. The highest BCUT2D eigenvalue weighted by molar-refractivity contribution is 6.31. The average molecular weight is 258 g/mol. The van der Waals surface area contributed by atoms with Gasteiger partial charge in [-0.05, 0) is 26.3 Å². The maximum Gasteiger partial charge on any atom is 0.268 e. The third-order valence-corrected chi connectivity index (χ3v) is 2.73. The van der Waals surface area contributed by atoms with Gasteiger partial charge in [0.25, 0.3) is 5.91 Å². The van der Waals surface area contributed by atoms with Crippen molar-refractivity contribution in [3.05, 3.63) is 23.0 Å². The first kappa shape index (κ1) is 14.1. The van der Waals surface area contributed by atoms with Crippen molar-refractivity contribution in [2.24, 2.45) is 5.73 Å². The van der Waals surface area contributed by atoms with Crippen molar-refractivity contribution >= 4 is 17.5 Å². The van der Waals surface area contributed by atoms with Crippen molar-refractivity contribution in [2.45, 2.75) is 39.3 Å². The van der Waals surface area contributed by atoms with Crippen molar-refractivity contribution in [3.63, 3.8) is 0 Å². The van der Waals surface area contributed by atoms with Crippen LogP contribution in [0.4, 0.5) is 0 Å². The molecule has 17 heavy (non-hydrogen) atoms. The Balaban J connectivity index is 2.88. The van der Waals surface area contributed by atoms with Crippen molar-refractivity contribution in [1.82, 2.24) is 9.88 Å². The highest BCUT2D eigenvalue weighted by atomic mass is 35.5. The summed E-state index contributed by atoms with van der Waals surface area (Å²) >= 11 is 5.92. The molecule has 0 spiro atoms. The topological polar surface area (TPSA) is 60.0 Å². The Labute approximate surface area is 107 Å². The van der Waals surface area contributed by atoms with E-state index in [0.29, 0.717) is 17.3 Å². The second-order valence-corrected chi connectivity index (χ2v) is 5.22. The van der Waals surface area contributed by atoms with Crippen molar-refractivity contribution in [3.8, 4) is 0 Å². The van der Waals surface area contributed by atoms with Crippen LogP contribution >= 0.6 is 11.6 Å². The number of nitrogens with one attached hydrogen (secondary N) is 1. The Morgan fingerprint density at radius 2 is 2.24 bits per heavy atom. The lowest BCUT2D eigenvalue weighted by Gasteiger charge is -2.24. The lowest BCUT2D eigenvalue weighted by molar-refractivity contribution is 0.0906. The third-order valence-electron chi connectivity index (χ3n) is 2.52. The molecular formula is C12H20ClN3O. The van der Waals surface area contributed by atoms with Crippen LogP contribution in [0.2, 0.25) is 5.02 Å². The van der Waals surface area contributed by atoms with E-state index >= 15 is 0 Å². The van der Waals surface area contributed by atoms with E-state index in [4.69, 9.17) is 17.3 Å². The van der Waals surface area contributed by atoms with E-state index in [1.807, 2.05) is 18.4 Å². The van der Waals surface area contributed by atoms with E-state index in [1.54, 1.807) is 12.3 Å². The Morgan fingerprint density at radius 1 is 1.59 bits per heavy atom. The first-order chi connectivity index (χ1) is 7.89. The number of hydrogen-bond acceptors (Lipinski definition) is 2. The normalized spacial score (nSPS) is 11.6. The number of halogens is 1. The minimum atomic E-state index is -0.412. The van der Waals surface area contributed by atoms with Crippen molar-refractivity contribution < 1.29 is 4.79 Å². The standard InChI is InChI=1S/C12H20ClN3O/c1-4-5-16-7-9(13)6-10(16)11(17)15-12(2,3)8-14/h6-7H,4-5,8,14H2,1-3H3,(H,15,17). The Kier molecular flexibility index (Phi) is 4.60. The van der Waals surface area contributed by atoms with E-state index in [2.05, 4.69) is 12.2 Å². The zero-order valence-electron chi connectivity index (χ0n) is 10.6. The maximum absolute atomic E-state index is 12.1. The van der Waals surface area contributed by atoms with Gasteiger partial charge in [0.15, 0.2) is 0 Å². The van der Waals surface area contributed by atoms with Gasteiger partial charge in [0.1, 0.15) is 5.69 Å². The molecule has 0 aromatic carbocycles. The number of nitrogens with two attached hydrogens (primary N) is 1. The quantitative estimate of drug-likeness (QED) is 0.848. The van der Waals surface area contributed by atoms with Crippen LogP contribution in [-0.2, 0) is 6.54 Å². The zero-order valence-corrected chi connectivity index (χ0v) is 11.3. The van der Waals surface area contributed by atoms with Gasteiger partial charge in [-0.25, -0.2) is 0 Å². The molecule has 3 N–H and O–H groups in total. The highest BCUT2D eigenvalue weighted by Crippen LogP contribution is 2.15. The van der Waals surface area contributed by atoms with Gasteiger partial charge in [0, 0.05) is 24.8 Å². The van der Waals surface area contributed by atoms with Crippen LogP contribution in [0.1, 0.15) is 37.7 Å². The fourth-order valence-electron chi connectivity index (χ4n) is 1.51. The SMILES string of the molecule is CCCn1cc(Cl)cc1C(=O)NC(C)(C)CN. The molecule has 96 valence electrons. The van der Waals surface area contributed by atoms with E-state index in [0.717, 1.165) is 13.0 Å². The molecule has 1 heterocycles. The summed E-state index contributed by atoms with van der Waals surface area (Å²) in [7, 11) is 0. The number of aryl methyl sites for hydroxylation is 1. The number of carbonyl (C=O) groups excluding carboxylic acids is 1. The second-order valence-electron chi connectivity index (χ2n) is 4.78. The first-order valence-electron chi connectivity index (χ1n) is 5.78. The van der Waals surface area contributed by atoms with Crippen LogP contribution < -0.4 is 11.1 Å². The molecule has 1 aromatic heterocycles. The molecule has 0 atom stereocenters. The molecule has 0 unspecified atom stereocenters. The molecule has 0 radical (unpaired) electrons. The monoisotopic (exact) mass is 257 g/mol. The predicted molar refractivity (Wildman–Crippen MR) is 70.3 cm³/mol. The molecule has 4 nitrogen and oxygen atoms in total. The lowest BCUT2D eigenvalue weighted by atomic mass is 10.1. The summed E-state index contributed by atoms with van der Waals surface area (Å²) in [4.78, 5) is 12.1. The van der Waals surface area contributed by atoms with E-state index < -0.39 is 5.54 Å². The Hall–Kier alpha value is -1.00. The maximum atomic E-state index is 12.1. The molecule has 0 aliphatic rings. The van der Waals surface area contributed by atoms with Gasteiger partial charge in [-0.3, -0.25) is 4.79 Å². The summed E-state index contributed by atoms with van der Waals surface area (Å²) in [5, 5.41) is 3.47. The molecule has 0 fully saturated rings. The number of hydrogen-bond donors (Lipinski definition) is 2. The largest absolute Gasteiger partial charge is 0.345 e. The summed E-state index contributed by atoms with van der Waals surface area (Å²) in [6, 6.07) is 1.68. The molecule has 0 aliphatic carbocycles. The average Bonchev–Trinajstić information content (AvgIpc) is 2.60. The van der Waals surface area contributed by atoms with Gasteiger partial charge in [0.05, 0.1) is 5.02 Å². The predicted octanol–water partition coefficient (Wildman–Crippen LogP) is 2.02. The van der Waals surface area contributed by atoms with Crippen LogP contribution in [0.25, 0.3) is 0 Å². The summed E-state index contributed by atoms with van der Waals surface area (Å²) in [5.41, 5.74) is 5.76. The molecule has 1 aromatic rings. The van der Waals surface area contributed by atoms with Gasteiger partial charge in [0.2, 0.25) is 0 Å². The summed E-state index contributed by atoms with van der Waals surface area (Å²) in [5.74, 6) is -0.138. The van der Waals surface area contributed by atoms with Gasteiger partial charge < -0.3 is 15.6 Å². The van der Waals surface area contributed by atoms with Crippen LogP contribution in [0.5, 0.6) is 0 Å². The molecule has 0 saturated carbocycles. The second kappa shape index (κ2) is 5.56. The van der Waals surface area contributed by atoms with Crippen LogP contribution in [0.3, 0.4) is 0 Å². The van der Waals surface area contributed by atoms with E-state index in [9.17, 15) is 4.79 Å². The number of carbonyl (C=O) groups is 1. The van der Waals surface area contributed by atoms with Crippen LogP contribution in [-0.4, -0.2) is 22.6 Å². The summed E-state index contributed by atoms with van der Waals surface area (Å²) in [6.45, 7) is 7.00. The Morgan fingerprint density at radius 3 is 2.76 bits per heavy atom. The number of aromatic nitrogens is 1. The van der Waals surface area contributed by atoms with Gasteiger partial charge in [-0.2, -0.15) is 0 Å². The third kappa shape index (κ3) is 3.75. The molecule has 0 bridgehead atoms. The molecule has 0 aliphatic heterocycles. The van der Waals surface area contributed by atoms with E-state index in [-0.39, 0.29) is 5.91 Å². The molecule has 0 saturated heterocycles. The molecular weight excluding hydrogens is 238 g/mol. The van der Waals surface area contributed by atoms with Crippen LogP contribution in [0.15, 0.2) is 12.3 Å². The minimum Gasteiger partial charge on any atom is -0.345 e. The number of amides is 1. The highest BCUT2D eigenvalue weighted by Gasteiger charge is 2.21. The van der Waals surface area contributed by atoms with Crippen molar-refractivity contribution in [2.75, 3.05) is 6.54 Å². The van der Waals surface area contributed by atoms with Gasteiger partial charge in [-0.1, -0.05) is 18.5 Å². The zero-order chi connectivity index (χ0) is 13.1.